The first-order chi connectivity index (χ1) is 8.86. The molecule has 2 aromatic heterocycles. The molecule has 2 aromatic rings. The van der Waals surface area contributed by atoms with E-state index in [1.54, 1.807) is 18.3 Å². The maximum absolute atomic E-state index is 8.73. The van der Waals surface area contributed by atoms with Gasteiger partial charge in [0.1, 0.15) is 11.8 Å². The van der Waals surface area contributed by atoms with Crippen LogP contribution in [0.3, 0.4) is 0 Å². The van der Waals surface area contributed by atoms with Gasteiger partial charge in [0.2, 0.25) is 0 Å². The Labute approximate surface area is 105 Å². The van der Waals surface area contributed by atoms with Gasteiger partial charge in [-0.25, -0.2) is 9.97 Å². The Balaban J connectivity index is 1.98. The average Bonchev–Trinajstić information content (AvgIpc) is 2.47. The van der Waals surface area contributed by atoms with Crippen LogP contribution in [-0.4, -0.2) is 21.5 Å². The molecule has 0 aromatic carbocycles. The summed E-state index contributed by atoms with van der Waals surface area (Å²) in [4.78, 5) is 13.1. The molecule has 1 N–H and O–H groups in total. The molecule has 0 aliphatic carbocycles. The van der Waals surface area contributed by atoms with Gasteiger partial charge in [0, 0.05) is 37.5 Å². The molecule has 3 heterocycles. The van der Waals surface area contributed by atoms with Gasteiger partial charge in [0.25, 0.3) is 0 Å². The normalized spacial score (nSPS) is 13.7. The van der Waals surface area contributed by atoms with E-state index in [2.05, 4.69) is 20.3 Å². The molecule has 0 radical (unpaired) electrons. The maximum Gasteiger partial charge on any atom is 0.178 e. The van der Waals surface area contributed by atoms with E-state index in [1.807, 2.05) is 12.3 Å². The predicted octanol–water partition coefficient (Wildman–Crippen LogP) is 1.06. The standard InChI is InChI=1S/C13H11N5/c14-5-9-1-2-12(16-6-9)13-17-8-10-7-15-4-3-11(10)18-13/h1-2,6,8,15H,3-4,7H2. The fourth-order valence-electron chi connectivity index (χ4n) is 1.95. The van der Waals surface area contributed by atoms with Crippen LogP contribution in [0, 0.1) is 11.3 Å². The smallest absolute Gasteiger partial charge is 0.178 e. The van der Waals surface area contributed by atoms with Gasteiger partial charge in [-0.3, -0.25) is 4.98 Å². The van der Waals surface area contributed by atoms with Crippen molar-refractivity contribution in [2.24, 2.45) is 0 Å². The lowest BCUT2D eigenvalue weighted by Crippen LogP contribution is -2.25. The van der Waals surface area contributed by atoms with Crippen molar-refractivity contribution < 1.29 is 0 Å². The fraction of sp³-hybridized carbons (Fsp3) is 0.231. The molecule has 18 heavy (non-hydrogen) atoms. The molecule has 0 atom stereocenters. The van der Waals surface area contributed by atoms with Crippen molar-refractivity contribution in [3.05, 3.63) is 41.3 Å². The third-order valence-electron chi connectivity index (χ3n) is 2.93. The van der Waals surface area contributed by atoms with Gasteiger partial charge in [-0.2, -0.15) is 5.26 Å². The van der Waals surface area contributed by atoms with Gasteiger partial charge in [0.15, 0.2) is 5.82 Å². The summed E-state index contributed by atoms with van der Waals surface area (Å²) in [6, 6.07) is 5.55. The predicted molar refractivity (Wildman–Crippen MR) is 65.4 cm³/mol. The topological polar surface area (TPSA) is 74.5 Å². The van der Waals surface area contributed by atoms with Crippen LogP contribution < -0.4 is 5.32 Å². The summed E-state index contributed by atoms with van der Waals surface area (Å²) < 4.78 is 0. The minimum Gasteiger partial charge on any atom is -0.312 e. The van der Waals surface area contributed by atoms with Crippen molar-refractivity contribution in [2.75, 3.05) is 6.54 Å². The summed E-state index contributed by atoms with van der Waals surface area (Å²) in [7, 11) is 0. The number of hydrogen-bond acceptors (Lipinski definition) is 5. The second-order valence-electron chi connectivity index (χ2n) is 4.14. The highest BCUT2D eigenvalue weighted by molar-refractivity contribution is 5.50. The molecular formula is C13H11N5. The van der Waals surface area contributed by atoms with E-state index in [0.29, 0.717) is 17.1 Å². The van der Waals surface area contributed by atoms with Gasteiger partial charge in [-0.05, 0) is 12.1 Å². The second-order valence-corrected chi connectivity index (χ2v) is 4.14. The molecule has 0 spiro atoms. The summed E-state index contributed by atoms with van der Waals surface area (Å²) in [5.41, 5.74) is 3.49. The van der Waals surface area contributed by atoms with Gasteiger partial charge in [0.05, 0.1) is 11.3 Å². The van der Waals surface area contributed by atoms with Crippen LogP contribution in [0.25, 0.3) is 11.5 Å². The summed E-state index contributed by atoms with van der Waals surface area (Å²) in [6.07, 6.45) is 4.31. The number of rotatable bonds is 1. The number of pyridine rings is 1. The molecule has 0 saturated carbocycles. The minimum atomic E-state index is 0.543. The Morgan fingerprint density at radius 3 is 2.94 bits per heavy atom. The summed E-state index contributed by atoms with van der Waals surface area (Å²) in [5.74, 6) is 0.625. The van der Waals surface area contributed by atoms with Crippen molar-refractivity contribution in [1.29, 1.82) is 5.26 Å². The van der Waals surface area contributed by atoms with Crippen LogP contribution >= 0.6 is 0 Å². The third kappa shape index (κ3) is 1.94. The molecule has 5 heteroatoms. The average molecular weight is 237 g/mol. The highest BCUT2D eigenvalue weighted by Crippen LogP contribution is 2.16. The Kier molecular flexibility index (Phi) is 2.71. The number of fused-ring (bicyclic) bond motifs is 1. The van der Waals surface area contributed by atoms with Crippen molar-refractivity contribution in [1.82, 2.24) is 20.3 Å². The Morgan fingerprint density at radius 2 is 2.17 bits per heavy atom. The van der Waals surface area contributed by atoms with E-state index in [-0.39, 0.29) is 0 Å². The number of nitriles is 1. The Hall–Kier alpha value is -2.32. The van der Waals surface area contributed by atoms with E-state index in [0.717, 1.165) is 30.8 Å². The van der Waals surface area contributed by atoms with Crippen molar-refractivity contribution in [3.8, 4) is 17.6 Å². The second kappa shape index (κ2) is 4.51. The molecule has 88 valence electrons. The van der Waals surface area contributed by atoms with Crippen LogP contribution in [0.5, 0.6) is 0 Å². The largest absolute Gasteiger partial charge is 0.312 e. The van der Waals surface area contributed by atoms with E-state index < -0.39 is 0 Å². The molecule has 1 aliphatic rings. The number of aromatic nitrogens is 3. The Morgan fingerprint density at radius 1 is 1.22 bits per heavy atom. The molecule has 1 aliphatic heterocycles. The van der Waals surface area contributed by atoms with Crippen LogP contribution in [0.4, 0.5) is 0 Å². The molecule has 0 fully saturated rings. The minimum absolute atomic E-state index is 0.543. The summed E-state index contributed by atoms with van der Waals surface area (Å²) in [6.45, 7) is 1.78. The number of hydrogen-bond donors (Lipinski definition) is 1. The SMILES string of the molecule is N#Cc1ccc(-c2ncc3c(n2)CCNC3)nc1. The summed E-state index contributed by atoms with van der Waals surface area (Å²) >= 11 is 0. The summed E-state index contributed by atoms with van der Waals surface area (Å²) in [5, 5.41) is 12.0. The fourth-order valence-corrected chi connectivity index (χ4v) is 1.95. The number of nitrogens with zero attached hydrogens (tertiary/aromatic N) is 4. The van der Waals surface area contributed by atoms with Crippen molar-refractivity contribution in [2.45, 2.75) is 13.0 Å². The Bertz CT molecular complexity index is 612. The van der Waals surface area contributed by atoms with Crippen LogP contribution in [-0.2, 0) is 13.0 Å². The van der Waals surface area contributed by atoms with Crippen LogP contribution in [0.15, 0.2) is 24.5 Å². The lowest BCUT2D eigenvalue weighted by atomic mass is 10.1. The van der Waals surface area contributed by atoms with Crippen molar-refractivity contribution in [3.63, 3.8) is 0 Å². The van der Waals surface area contributed by atoms with Crippen LogP contribution in [0.1, 0.15) is 16.8 Å². The van der Waals surface area contributed by atoms with Crippen LogP contribution in [0.2, 0.25) is 0 Å². The van der Waals surface area contributed by atoms with E-state index in [4.69, 9.17) is 5.26 Å². The van der Waals surface area contributed by atoms with E-state index in [9.17, 15) is 0 Å². The quantitative estimate of drug-likeness (QED) is 0.802. The molecule has 0 amide bonds. The van der Waals surface area contributed by atoms with E-state index >= 15 is 0 Å². The molecule has 0 bridgehead atoms. The van der Waals surface area contributed by atoms with Crippen molar-refractivity contribution >= 4 is 0 Å². The lowest BCUT2D eigenvalue weighted by Gasteiger charge is -2.15. The molecule has 3 rings (SSSR count). The molecular weight excluding hydrogens is 226 g/mol. The van der Waals surface area contributed by atoms with Gasteiger partial charge in [-0.15, -0.1) is 0 Å². The zero-order valence-electron chi connectivity index (χ0n) is 9.72. The number of nitrogens with one attached hydrogen (secondary N) is 1. The van der Waals surface area contributed by atoms with Gasteiger partial charge in [-0.1, -0.05) is 0 Å². The molecule has 5 nitrogen and oxygen atoms in total. The first kappa shape index (κ1) is 10.8. The van der Waals surface area contributed by atoms with Gasteiger partial charge < -0.3 is 5.32 Å². The first-order valence-corrected chi connectivity index (χ1v) is 5.79. The third-order valence-corrected chi connectivity index (χ3v) is 2.93. The molecule has 0 unspecified atom stereocenters. The lowest BCUT2D eigenvalue weighted by molar-refractivity contribution is 0.626. The first-order valence-electron chi connectivity index (χ1n) is 5.79. The highest BCUT2D eigenvalue weighted by Gasteiger charge is 2.12. The van der Waals surface area contributed by atoms with Gasteiger partial charge >= 0.3 is 0 Å². The zero-order chi connectivity index (χ0) is 12.4. The monoisotopic (exact) mass is 237 g/mol. The maximum atomic E-state index is 8.73. The highest BCUT2D eigenvalue weighted by atomic mass is 15.0. The zero-order valence-corrected chi connectivity index (χ0v) is 9.72. The van der Waals surface area contributed by atoms with E-state index in [1.165, 1.54) is 0 Å². The molecule has 0 saturated heterocycles.